The van der Waals surface area contributed by atoms with Crippen LogP contribution in [0.3, 0.4) is 0 Å². The number of ether oxygens (including phenoxy) is 1. The van der Waals surface area contributed by atoms with E-state index in [4.69, 9.17) is 5.11 Å². The highest BCUT2D eigenvalue weighted by atomic mass is 19.4. The van der Waals surface area contributed by atoms with E-state index in [2.05, 4.69) is 4.74 Å². The van der Waals surface area contributed by atoms with Crippen LogP contribution in [0, 0.1) is 0 Å². The number of rotatable bonds is 7. The maximum absolute atomic E-state index is 12.4. The molecule has 19 heavy (non-hydrogen) atoms. The van der Waals surface area contributed by atoms with E-state index in [-0.39, 0.29) is 6.61 Å². The molecule has 0 spiro atoms. The third kappa shape index (κ3) is 6.24. The molecule has 0 amide bonds. The Morgan fingerprint density at radius 3 is 2.42 bits per heavy atom. The summed E-state index contributed by atoms with van der Waals surface area (Å²) in [5.74, 6) is -1.52. The fraction of sp³-hybridized carbons (Fsp3) is 0.462. The number of carboxylic acids is 1. The quantitative estimate of drug-likeness (QED) is 0.779. The molecule has 6 heteroatoms. The molecule has 106 valence electrons. The predicted molar refractivity (Wildman–Crippen MR) is 62.8 cm³/mol. The molecule has 0 aliphatic heterocycles. The van der Waals surface area contributed by atoms with Crippen LogP contribution in [0.4, 0.5) is 13.2 Å². The normalized spacial score (nSPS) is 13.2. The van der Waals surface area contributed by atoms with E-state index >= 15 is 0 Å². The molecule has 0 saturated heterocycles. The van der Waals surface area contributed by atoms with E-state index in [0.29, 0.717) is 12.8 Å². The second kappa shape index (κ2) is 7.13. The predicted octanol–water partition coefficient (Wildman–Crippen LogP) is 3.04. The minimum absolute atomic E-state index is 0.119. The molecule has 0 bridgehead atoms. The smallest absolute Gasteiger partial charge is 0.415 e. The van der Waals surface area contributed by atoms with Gasteiger partial charge in [-0.1, -0.05) is 30.3 Å². The zero-order valence-electron chi connectivity index (χ0n) is 10.2. The molecule has 1 aromatic carbocycles. The largest absolute Gasteiger partial charge is 0.481 e. The van der Waals surface area contributed by atoms with Crippen LogP contribution < -0.4 is 0 Å². The van der Waals surface area contributed by atoms with E-state index in [1.54, 1.807) is 0 Å². The standard InChI is InChI=1S/C13H15F3O3/c14-13(15,16)11(9-12(17)18)19-8-4-7-10-5-2-1-3-6-10/h1-3,5-6,11H,4,7-9H2,(H,17,18). The molecule has 0 radical (unpaired) electrons. The first-order valence-electron chi connectivity index (χ1n) is 5.83. The highest BCUT2D eigenvalue weighted by molar-refractivity contribution is 5.67. The average Bonchev–Trinajstić information content (AvgIpc) is 2.32. The third-order valence-electron chi connectivity index (χ3n) is 2.50. The summed E-state index contributed by atoms with van der Waals surface area (Å²) in [5.41, 5.74) is 1.01. The molecule has 0 saturated carbocycles. The van der Waals surface area contributed by atoms with E-state index in [1.807, 2.05) is 30.3 Å². The molecule has 3 nitrogen and oxygen atoms in total. The minimum atomic E-state index is -4.65. The fourth-order valence-electron chi connectivity index (χ4n) is 1.57. The Morgan fingerprint density at radius 1 is 1.26 bits per heavy atom. The SMILES string of the molecule is O=C(O)CC(OCCCc1ccccc1)C(F)(F)F. The number of hydrogen-bond donors (Lipinski definition) is 1. The molecule has 0 aliphatic rings. The minimum Gasteiger partial charge on any atom is -0.481 e. The molecule has 0 fully saturated rings. The Labute approximate surface area is 109 Å². The van der Waals surface area contributed by atoms with Crippen LogP contribution in [-0.4, -0.2) is 30.0 Å². The van der Waals surface area contributed by atoms with Crippen molar-refractivity contribution < 1.29 is 27.8 Å². The number of benzene rings is 1. The third-order valence-corrected chi connectivity index (χ3v) is 2.50. The Kier molecular flexibility index (Phi) is 5.82. The Morgan fingerprint density at radius 2 is 1.89 bits per heavy atom. The van der Waals surface area contributed by atoms with Gasteiger partial charge in [0.25, 0.3) is 0 Å². The Balaban J connectivity index is 2.34. The van der Waals surface area contributed by atoms with Gasteiger partial charge in [-0.15, -0.1) is 0 Å². The Bertz CT molecular complexity index is 390. The van der Waals surface area contributed by atoms with Crippen molar-refractivity contribution in [3.8, 4) is 0 Å². The number of aryl methyl sites for hydroxylation is 1. The van der Waals surface area contributed by atoms with Crippen molar-refractivity contribution in [2.24, 2.45) is 0 Å². The summed E-state index contributed by atoms with van der Waals surface area (Å²) >= 11 is 0. The lowest BCUT2D eigenvalue weighted by Gasteiger charge is -2.19. The van der Waals surface area contributed by atoms with Crippen LogP contribution in [0.2, 0.25) is 0 Å². The van der Waals surface area contributed by atoms with Gasteiger partial charge in [0.05, 0.1) is 6.42 Å². The van der Waals surface area contributed by atoms with Crippen molar-refractivity contribution >= 4 is 5.97 Å². The van der Waals surface area contributed by atoms with Gasteiger partial charge in [0, 0.05) is 6.61 Å². The van der Waals surface area contributed by atoms with Crippen molar-refractivity contribution in [2.45, 2.75) is 31.5 Å². The van der Waals surface area contributed by atoms with Crippen molar-refractivity contribution in [3.63, 3.8) is 0 Å². The van der Waals surface area contributed by atoms with Crippen molar-refractivity contribution in [1.29, 1.82) is 0 Å². The van der Waals surface area contributed by atoms with E-state index in [9.17, 15) is 18.0 Å². The highest BCUT2D eigenvalue weighted by Gasteiger charge is 2.41. The lowest BCUT2D eigenvalue weighted by Crippen LogP contribution is -2.34. The van der Waals surface area contributed by atoms with Crippen LogP contribution in [0.1, 0.15) is 18.4 Å². The molecular weight excluding hydrogens is 261 g/mol. The van der Waals surface area contributed by atoms with Crippen LogP contribution in [0.5, 0.6) is 0 Å². The summed E-state index contributed by atoms with van der Waals surface area (Å²) in [6.45, 7) is -0.119. The monoisotopic (exact) mass is 276 g/mol. The van der Waals surface area contributed by atoms with Gasteiger partial charge in [0.15, 0.2) is 6.10 Å². The van der Waals surface area contributed by atoms with Crippen molar-refractivity contribution in [2.75, 3.05) is 6.61 Å². The molecule has 1 rings (SSSR count). The van der Waals surface area contributed by atoms with Gasteiger partial charge >= 0.3 is 12.1 Å². The summed E-state index contributed by atoms with van der Waals surface area (Å²) < 4.78 is 42.0. The maximum Gasteiger partial charge on any atom is 0.415 e. The summed E-state index contributed by atoms with van der Waals surface area (Å²) in [6, 6.07) is 9.29. The average molecular weight is 276 g/mol. The van der Waals surface area contributed by atoms with Gasteiger partial charge in [0.1, 0.15) is 0 Å². The molecular formula is C13H15F3O3. The number of alkyl halides is 3. The van der Waals surface area contributed by atoms with Gasteiger partial charge < -0.3 is 9.84 Å². The summed E-state index contributed by atoms with van der Waals surface area (Å²) in [5, 5.41) is 8.40. The summed E-state index contributed by atoms with van der Waals surface area (Å²) in [4.78, 5) is 10.3. The number of carbonyl (C=O) groups is 1. The zero-order chi connectivity index (χ0) is 14.3. The second-order valence-electron chi connectivity index (χ2n) is 4.09. The zero-order valence-corrected chi connectivity index (χ0v) is 10.2. The number of aliphatic carboxylic acids is 1. The topological polar surface area (TPSA) is 46.5 Å². The Hall–Kier alpha value is -1.56. The molecule has 1 N–H and O–H groups in total. The molecule has 1 atom stereocenters. The van der Waals surface area contributed by atoms with Gasteiger partial charge in [0.2, 0.25) is 0 Å². The second-order valence-corrected chi connectivity index (χ2v) is 4.09. The van der Waals surface area contributed by atoms with Crippen LogP contribution >= 0.6 is 0 Å². The van der Waals surface area contributed by atoms with Crippen LogP contribution in [-0.2, 0) is 16.0 Å². The molecule has 1 unspecified atom stereocenters. The molecule has 0 aromatic heterocycles. The van der Waals surface area contributed by atoms with Crippen molar-refractivity contribution in [1.82, 2.24) is 0 Å². The van der Waals surface area contributed by atoms with Gasteiger partial charge in [-0.3, -0.25) is 4.79 Å². The number of carboxylic acid groups (broad SMARTS) is 1. The van der Waals surface area contributed by atoms with Gasteiger partial charge in [-0.2, -0.15) is 13.2 Å². The lowest BCUT2D eigenvalue weighted by atomic mass is 10.1. The van der Waals surface area contributed by atoms with E-state index in [0.717, 1.165) is 5.56 Å². The van der Waals surface area contributed by atoms with Gasteiger partial charge in [-0.25, -0.2) is 0 Å². The lowest BCUT2D eigenvalue weighted by molar-refractivity contribution is -0.224. The van der Waals surface area contributed by atoms with E-state index < -0.39 is 24.7 Å². The first-order valence-corrected chi connectivity index (χ1v) is 5.83. The highest BCUT2D eigenvalue weighted by Crippen LogP contribution is 2.25. The molecule has 0 aliphatic carbocycles. The maximum atomic E-state index is 12.4. The molecule has 0 heterocycles. The van der Waals surface area contributed by atoms with E-state index in [1.165, 1.54) is 0 Å². The number of hydrogen-bond acceptors (Lipinski definition) is 2. The first-order chi connectivity index (χ1) is 8.89. The fourth-order valence-corrected chi connectivity index (χ4v) is 1.57. The van der Waals surface area contributed by atoms with Crippen LogP contribution in [0.15, 0.2) is 30.3 Å². The molecule has 1 aromatic rings. The summed E-state index contributed by atoms with van der Waals surface area (Å²) in [7, 11) is 0. The number of halogens is 3. The van der Waals surface area contributed by atoms with Crippen LogP contribution in [0.25, 0.3) is 0 Å². The summed E-state index contributed by atoms with van der Waals surface area (Å²) in [6.07, 6.45) is -6.94. The first kappa shape index (κ1) is 15.5. The van der Waals surface area contributed by atoms with Crippen molar-refractivity contribution in [3.05, 3.63) is 35.9 Å². The van der Waals surface area contributed by atoms with Gasteiger partial charge in [-0.05, 0) is 18.4 Å².